The first-order valence-corrected chi connectivity index (χ1v) is 6.95. The van der Waals surface area contributed by atoms with Crippen molar-refractivity contribution in [2.45, 2.75) is 26.9 Å². The van der Waals surface area contributed by atoms with Crippen LogP contribution in [0.4, 0.5) is 5.69 Å². The number of hydrogen-bond acceptors (Lipinski definition) is 6. The summed E-state index contributed by atoms with van der Waals surface area (Å²) in [6, 6.07) is 5.33. The van der Waals surface area contributed by atoms with Crippen molar-refractivity contribution in [3.05, 3.63) is 24.0 Å². The number of ether oxygens (including phenoxy) is 2. The zero-order valence-corrected chi connectivity index (χ0v) is 12.8. The third-order valence-electron chi connectivity index (χ3n) is 3.14. The van der Waals surface area contributed by atoms with Gasteiger partial charge >= 0.3 is 0 Å². The summed E-state index contributed by atoms with van der Waals surface area (Å²) in [5.74, 6) is 1.86. The third kappa shape index (κ3) is 3.33. The summed E-state index contributed by atoms with van der Waals surface area (Å²) >= 11 is 0. The molecule has 21 heavy (non-hydrogen) atoms. The minimum atomic E-state index is -0.188. The van der Waals surface area contributed by atoms with Crippen LogP contribution in [0.2, 0.25) is 0 Å². The molecule has 0 spiro atoms. The average Bonchev–Trinajstić information content (AvgIpc) is 2.93. The Labute approximate surface area is 124 Å². The molecule has 1 aromatic heterocycles. The van der Waals surface area contributed by atoms with Gasteiger partial charge in [0.05, 0.1) is 12.7 Å². The van der Waals surface area contributed by atoms with E-state index in [0.29, 0.717) is 35.3 Å². The lowest BCUT2D eigenvalue weighted by Gasteiger charge is -2.16. The number of rotatable bonds is 6. The third-order valence-corrected chi connectivity index (χ3v) is 3.14. The fourth-order valence-electron chi connectivity index (χ4n) is 2.07. The van der Waals surface area contributed by atoms with Gasteiger partial charge in [-0.3, -0.25) is 0 Å². The summed E-state index contributed by atoms with van der Waals surface area (Å²) in [5, 5.41) is 4.02. The van der Waals surface area contributed by atoms with Crippen LogP contribution in [0.15, 0.2) is 22.7 Å². The van der Waals surface area contributed by atoms with Crippen LogP contribution in [0.25, 0.3) is 11.5 Å². The predicted octanol–water partition coefficient (Wildman–Crippen LogP) is 3.06. The molecule has 2 N–H and O–H groups in total. The Balaban J connectivity index is 2.31. The second-order valence-corrected chi connectivity index (χ2v) is 5.03. The average molecular weight is 291 g/mol. The van der Waals surface area contributed by atoms with Crippen LogP contribution in [-0.2, 0) is 4.74 Å². The molecular weight excluding hydrogens is 270 g/mol. The highest BCUT2D eigenvalue weighted by Crippen LogP contribution is 2.30. The Morgan fingerprint density at radius 3 is 2.67 bits per heavy atom. The minimum absolute atomic E-state index is 0.188. The monoisotopic (exact) mass is 291 g/mol. The van der Waals surface area contributed by atoms with Crippen molar-refractivity contribution < 1.29 is 14.0 Å². The van der Waals surface area contributed by atoms with Gasteiger partial charge in [-0.05, 0) is 25.0 Å². The highest BCUT2D eigenvalue weighted by Gasteiger charge is 2.23. The topological polar surface area (TPSA) is 83.4 Å². The maximum atomic E-state index is 5.99. The second kappa shape index (κ2) is 6.58. The van der Waals surface area contributed by atoms with E-state index in [2.05, 4.69) is 24.0 Å². The molecule has 0 saturated heterocycles. The zero-order chi connectivity index (χ0) is 15.4. The van der Waals surface area contributed by atoms with E-state index >= 15 is 0 Å². The lowest BCUT2D eigenvalue weighted by atomic mass is 10.1. The molecular formula is C15H21N3O3. The number of nitrogen functional groups attached to an aromatic ring is 1. The van der Waals surface area contributed by atoms with Crippen molar-refractivity contribution in [3.63, 3.8) is 0 Å². The number of anilines is 1. The van der Waals surface area contributed by atoms with Gasteiger partial charge in [0.25, 0.3) is 5.89 Å². The van der Waals surface area contributed by atoms with Crippen molar-refractivity contribution in [2.75, 3.05) is 19.5 Å². The van der Waals surface area contributed by atoms with Crippen molar-refractivity contribution in [2.24, 2.45) is 5.92 Å². The van der Waals surface area contributed by atoms with Gasteiger partial charge in [0, 0.05) is 18.4 Å². The van der Waals surface area contributed by atoms with Crippen LogP contribution in [0.1, 0.15) is 32.7 Å². The molecule has 0 amide bonds. The molecule has 0 saturated carbocycles. The molecule has 2 rings (SSSR count). The molecule has 0 fully saturated rings. The van der Waals surface area contributed by atoms with E-state index < -0.39 is 0 Å². The van der Waals surface area contributed by atoms with Gasteiger partial charge in [0.2, 0.25) is 5.82 Å². The molecule has 0 bridgehead atoms. The molecule has 0 aliphatic heterocycles. The number of nitrogens with zero attached hydrogens (tertiary/aromatic N) is 2. The molecule has 6 nitrogen and oxygen atoms in total. The van der Waals surface area contributed by atoms with Crippen molar-refractivity contribution in [1.82, 2.24) is 10.1 Å². The number of aromatic nitrogens is 2. The molecule has 0 aliphatic carbocycles. The van der Waals surface area contributed by atoms with Crippen LogP contribution < -0.4 is 10.5 Å². The van der Waals surface area contributed by atoms with E-state index in [0.717, 1.165) is 0 Å². The first kappa shape index (κ1) is 15.3. The summed E-state index contributed by atoms with van der Waals surface area (Å²) in [5.41, 5.74) is 7.21. The van der Waals surface area contributed by atoms with E-state index in [9.17, 15) is 0 Å². The smallest absolute Gasteiger partial charge is 0.260 e. The predicted molar refractivity (Wildman–Crippen MR) is 79.9 cm³/mol. The lowest BCUT2D eigenvalue weighted by Crippen LogP contribution is -2.12. The quantitative estimate of drug-likeness (QED) is 0.823. The maximum absolute atomic E-state index is 5.99. The zero-order valence-electron chi connectivity index (χ0n) is 12.8. The molecule has 1 atom stereocenters. The van der Waals surface area contributed by atoms with Crippen LogP contribution in [0.3, 0.4) is 0 Å². The Morgan fingerprint density at radius 1 is 1.33 bits per heavy atom. The van der Waals surface area contributed by atoms with Crippen LogP contribution in [-0.4, -0.2) is 23.9 Å². The number of hydrogen-bond donors (Lipinski definition) is 1. The highest BCUT2D eigenvalue weighted by atomic mass is 16.5. The van der Waals surface area contributed by atoms with Crippen LogP contribution >= 0.6 is 0 Å². The molecule has 0 radical (unpaired) electrons. The summed E-state index contributed by atoms with van der Waals surface area (Å²) in [6.07, 6.45) is -0.188. The Morgan fingerprint density at radius 2 is 2.10 bits per heavy atom. The second-order valence-electron chi connectivity index (χ2n) is 5.03. The molecule has 2 aromatic rings. The van der Waals surface area contributed by atoms with E-state index in [-0.39, 0.29) is 12.0 Å². The van der Waals surface area contributed by atoms with Gasteiger partial charge in [-0.15, -0.1) is 0 Å². The standard InChI is InChI=1S/C15H21N3O3/c1-5-20-13(9(2)3)14-17-15(21-18-14)11-7-6-10(19-4)8-12(11)16/h6-9,13H,5,16H2,1-4H3. The van der Waals surface area contributed by atoms with Gasteiger partial charge in [-0.1, -0.05) is 19.0 Å². The highest BCUT2D eigenvalue weighted by molar-refractivity contribution is 5.71. The molecule has 0 aliphatic rings. The largest absolute Gasteiger partial charge is 0.497 e. The fourth-order valence-corrected chi connectivity index (χ4v) is 2.07. The van der Waals surface area contributed by atoms with E-state index in [1.807, 2.05) is 6.92 Å². The summed E-state index contributed by atoms with van der Waals surface area (Å²) in [4.78, 5) is 4.41. The molecule has 1 unspecified atom stereocenters. The normalized spacial score (nSPS) is 12.6. The first-order valence-electron chi connectivity index (χ1n) is 6.95. The van der Waals surface area contributed by atoms with E-state index in [1.54, 1.807) is 25.3 Å². The first-order chi connectivity index (χ1) is 10.1. The lowest BCUT2D eigenvalue weighted by molar-refractivity contribution is 0.0217. The van der Waals surface area contributed by atoms with Gasteiger partial charge in [0.1, 0.15) is 11.9 Å². The van der Waals surface area contributed by atoms with E-state index in [1.165, 1.54) is 0 Å². The van der Waals surface area contributed by atoms with Gasteiger partial charge in [-0.25, -0.2) is 0 Å². The van der Waals surface area contributed by atoms with Crippen molar-refractivity contribution in [1.29, 1.82) is 0 Å². The van der Waals surface area contributed by atoms with Gasteiger partial charge in [-0.2, -0.15) is 4.98 Å². The van der Waals surface area contributed by atoms with E-state index in [4.69, 9.17) is 19.7 Å². The molecule has 114 valence electrons. The summed E-state index contributed by atoms with van der Waals surface area (Å²) in [6.45, 7) is 6.64. The Hall–Kier alpha value is -2.08. The Kier molecular flexibility index (Phi) is 4.80. The molecule has 1 heterocycles. The van der Waals surface area contributed by atoms with Crippen LogP contribution in [0, 0.1) is 5.92 Å². The maximum Gasteiger partial charge on any atom is 0.260 e. The van der Waals surface area contributed by atoms with Gasteiger partial charge < -0.3 is 19.7 Å². The summed E-state index contributed by atoms with van der Waals surface area (Å²) < 4.78 is 16.1. The Bertz CT molecular complexity index is 596. The fraction of sp³-hybridized carbons (Fsp3) is 0.467. The molecule has 6 heteroatoms. The number of benzene rings is 1. The molecule has 1 aromatic carbocycles. The number of nitrogens with two attached hydrogens (primary N) is 1. The number of methoxy groups -OCH3 is 1. The van der Waals surface area contributed by atoms with Crippen molar-refractivity contribution >= 4 is 5.69 Å². The SMILES string of the molecule is CCOC(c1noc(-c2ccc(OC)cc2N)n1)C(C)C. The van der Waals surface area contributed by atoms with Gasteiger partial charge in [0.15, 0.2) is 0 Å². The summed E-state index contributed by atoms with van der Waals surface area (Å²) in [7, 11) is 1.59. The van der Waals surface area contributed by atoms with Crippen LogP contribution in [0.5, 0.6) is 5.75 Å². The van der Waals surface area contributed by atoms with Crippen molar-refractivity contribution in [3.8, 4) is 17.2 Å². The minimum Gasteiger partial charge on any atom is -0.497 e.